The Morgan fingerprint density at radius 2 is 1.40 bits per heavy atom. The van der Waals surface area contributed by atoms with Gasteiger partial charge in [-0.15, -0.1) is 0 Å². The van der Waals surface area contributed by atoms with E-state index in [1.807, 2.05) is 0 Å². The molecule has 196 valence electrons. The van der Waals surface area contributed by atoms with Crippen LogP contribution in [0.25, 0.3) is 0 Å². The van der Waals surface area contributed by atoms with Crippen molar-refractivity contribution < 1.29 is 52.7 Å². The maximum absolute atomic E-state index is 12.1. The molecule has 3 atom stereocenters. The smallest absolute Gasteiger partial charge is 0.480 e. The Balaban J connectivity index is 3.35. The Kier molecular flexibility index (Phi) is 11.8. The zero-order valence-electron chi connectivity index (χ0n) is 20.6. The van der Waals surface area contributed by atoms with Crippen molar-refractivity contribution in [2.45, 2.75) is 65.7 Å². The molecule has 0 aliphatic carbocycles. The molecule has 0 amide bonds. The maximum atomic E-state index is 12.1. The summed E-state index contributed by atoms with van der Waals surface area (Å²) in [6, 6.07) is 2.64. The van der Waals surface area contributed by atoms with E-state index in [-0.39, 0.29) is 24.7 Å². The molecule has 12 nitrogen and oxygen atoms in total. The summed E-state index contributed by atoms with van der Waals surface area (Å²) in [4.78, 5) is 47.4. The first kappa shape index (κ1) is 29.5. The van der Waals surface area contributed by atoms with Gasteiger partial charge in [-0.2, -0.15) is 0 Å². The van der Waals surface area contributed by atoms with Gasteiger partial charge in [0.1, 0.15) is 6.04 Å². The third kappa shape index (κ3) is 10.1. The van der Waals surface area contributed by atoms with Crippen molar-refractivity contribution in [1.82, 2.24) is 0 Å². The van der Waals surface area contributed by atoms with E-state index < -0.39 is 54.5 Å². The van der Waals surface area contributed by atoms with Crippen LogP contribution >= 0.6 is 0 Å². The van der Waals surface area contributed by atoms with Crippen LogP contribution in [0.2, 0.25) is 0 Å². The Morgan fingerprint density at radius 1 is 0.857 bits per heavy atom. The lowest BCUT2D eigenvalue weighted by molar-refractivity contribution is -0.139. The van der Waals surface area contributed by atoms with Crippen LogP contribution in [-0.2, 0) is 23.7 Å². The molecule has 0 bridgehead atoms. The number of nitrogens with two attached hydrogens (primary N) is 1. The first-order valence-electron chi connectivity index (χ1n) is 11.0. The lowest BCUT2D eigenvalue weighted by Gasteiger charge is -2.27. The molecule has 3 N–H and O–H groups in total. The number of carbonyl (C=O) groups excluding carboxylic acids is 3. The fourth-order valence-electron chi connectivity index (χ4n) is 3.01. The van der Waals surface area contributed by atoms with E-state index in [0.717, 1.165) is 0 Å². The second kappa shape index (κ2) is 14.0. The van der Waals surface area contributed by atoms with Gasteiger partial charge < -0.3 is 39.3 Å². The number of aliphatic carboxylic acids is 1. The normalized spacial score (nSPS) is 13.4. The van der Waals surface area contributed by atoms with Gasteiger partial charge in [0.25, 0.3) is 0 Å². The number of rotatable bonds is 11. The van der Waals surface area contributed by atoms with Crippen molar-refractivity contribution in [3.8, 4) is 11.5 Å². The zero-order chi connectivity index (χ0) is 26.7. The number of ether oxygens (including phenoxy) is 6. The molecule has 0 aliphatic heterocycles. The summed E-state index contributed by atoms with van der Waals surface area (Å²) in [7, 11) is 0. The number of benzene rings is 1. The molecule has 0 heterocycles. The number of carboxylic acid groups (broad SMARTS) is 1. The van der Waals surface area contributed by atoms with Crippen molar-refractivity contribution in [3.63, 3.8) is 0 Å². The Hall–Kier alpha value is -3.54. The SMILES string of the molecule is CCOC(=O)OC[C@H](C)C(c1ccc(OC(=O)OC(C)C)c(OC(=O)OC(C)C)c1)[C@H](N)C(=O)O. The highest BCUT2D eigenvalue weighted by Crippen LogP contribution is 2.36. The average Bonchev–Trinajstić information content (AvgIpc) is 2.73. The lowest BCUT2D eigenvalue weighted by atomic mass is 9.82. The first-order valence-corrected chi connectivity index (χ1v) is 11.0. The van der Waals surface area contributed by atoms with Crippen molar-refractivity contribution in [2.75, 3.05) is 13.2 Å². The van der Waals surface area contributed by atoms with E-state index in [0.29, 0.717) is 5.56 Å². The third-order valence-electron chi connectivity index (χ3n) is 4.41. The van der Waals surface area contributed by atoms with Crippen LogP contribution in [-0.4, -0.2) is 61.0 Å². The average molecular weight is 500 g/mol. The van der Waals surface area contributed by atoms with Gasteiger partial charge >= 0.3 is 24.4 Å². The van der Waals surface area contributed by atoms with Crippen LogP contribution in [0.4, 0.5) is 14.4 Å². The van der Waals surface area contributed by atoms with Gasteiger partial charge in [-0.1, -0.05) is 13.0 Å². The van der Waals surface area contributed by atoms with E-state index in [4.69, 9.17) is 34.2 Å². The monoisotopic (exact) mass is 499 g/mol. The van der Waals surface area contributed by atoms with Crippen molar-refractivity contribution in [3.05, 3.63) is 23.8 Å². The second-order valence-corrected chi connectivity index (χ2v) is 8.10. The molecule has 0 spiro atoms. The Bertz CT molecular complexity index is 884. The van der Waals surface area contributed by atoms with Crippen molar-refractivity contribution in [2.24, 2.45) is 11.7 Å². The standard InChI is InChI=1S/C23H33NO11/c1-7-30-21(27)31-11-14(6)18(19(24)20(25)26)15-8-9-16(34-22(28)32-12(2)3)17(10-15)35-23(29)33-13(4)5/h8-10,12-14,18-19H,7,11,24H2,1-6H3,(H,25,26)/t14-,18?,19-/m0/s1. The zero-order valence-corrected chi connectivity index (χ0v) is 20.6. The van der Waals surface area contributed by atoms with E-state index in [1.54, 1.807) is 41.5 Å². The fourth-order valence-corrected chi connectivity index (χ4v) is 3.01. The van der Waals surface area contributed by atoms with Gasteiger partial charge in [0, 0.05) is 5.92 Å². The number of carboxylic acids is 1. The molecule has 0 fully saturated rings. The van der Waals surface area contributed by atoms with Crippen molar-refractivity contribution >= 4 is 24.4 Å². The van der Waals surface area contributed by atoms with Gasteiger partial charge in [0.05, 0.1) is 25.4 Å². The lowest BCUT2D eigenvalue weighted by Crippen LogP contribution is -2.40. The Labute approximate surface area is 203 Å². The highest BCUT2D eigenvalue weighted by molar-refractivity contribution is 5.75. The molecule has 1 aromatic rings. The summed E-state index contributed by atoms with van der Waals surface area (Å²) in [5.41, 5.74) is 6.26. The summed E-state index contributed by atoms with van der Waals surface area (Å²) in [5.74, 6) is -3.20. The van der Waals surface area contributed by atoms with Crippen LogP contribution in [0, 0.1) is 5.92 Å². The molecule has 0 aliphatic rings. The molecule has 1 aromatic carbocycles. The first-order chi connectivity index (χ1) is 16.3. The molecular formula is C23H33NO11. The molecule has 1 rings (SSSR count). The molecule has 0 radical (unpaired) electrons. The van der Waals surface area contributed by atoms with Gasteiger partial charge in [-0.3, -0.25) is 4.79 Å². The number of hydrogen-bond donors (Lipinski definition) is 2. The minimum absolute atomic E-state index is 0.110. The second-order valence-electron chi connectivity index (χ2n) is 8.10. The van der Waals surface area contributed by atoms with E-state index in [1.165, 1.54) is 18.2 Å². The van der Waals surface area contributed by atoms with E-state index >= 15 is 0 Å². The highest BCUT2D eigenvalue weighted by Gasteiger charge is 2.33. The summed E-state index contributed by atoms with van der Waals surface area (Å²) in [6.07, 6.45) is -3.97. The van der Waals surface area contributed by atoms with Crippen molar-refractivity contribution in [1.29, 1.82) is 0 Å². The minimum atomic E-state index is -1.41. The van der Waals surface area contributed by atoms with Crippen LogP contribution in [0.1, 0.15) is 53.0 Å². The summed E-state index contributed by atoms with van der Waals surface area (Å²) >= 11 is 0. The largest absolute Gasteiger partial charge is 0.514 e. The van der Waals surface area contributed by atoms with E-state index in [2.05, 4.69) is 0 Å². The molecule has 0 aromatic heterocycles. The number of hydrogen-bond acceptors (Lipinski definition) is 11. The maximum Gasteiger partial charge on any atom is 0.514 e. The number of carbonyl (C=O) groups is 4. The summed E-state index contributed by atoms with van der Waals surface area (Å²) in [5, 5.41) is 9.55. The molecular weight excluding hydrogens is 466 g/mol. The Morgan fingerprint density at radius 3 is 1.89 bits per heavy atom. The van der Waals surface area contributed by atoms with Crippen LogP contribution in [0.5, 0.6) is 11.5 Å². The summed E-state index contributed by atoms with van der Waals surface area (Å²) in [6.45, 7) is 9.63. The third-order valence-corrected chi connectivity index (χ3v) is 4.41. The van der Waals surface area contributed by atoms with Crippen LogP contribution < -0.4 is 15.2 Å². The fraction of sp³-hybridized carbons (Fsp3) is 0.565. The molecule has 0 saturated heterocycles. The summed E-state index contributed by atoms with van der Waals surface area (Å²) < 4.78 is 30.0. The molecule has 1 unspecified atom stereocenters. The van der Waals surface area contributed by atoms with E-state index in [9.17, 15) is 24.3 Å². The minimum Gasteiger partial charge on any atom is -0.480 e. The highest BCUT2D eigenvalue weighted by atomic mass is 16.8. The van der Waals surface area contributed by atoms with Gasteiger partial charge in [-0.25, -0.2) is 14.4 Å². The predicted octanol–water partition coefficient (Wildman–Crippen LogP) is 3.84. The molecule has 12 heteroatoms. The van der Waals surface area contributed by atoms with Gasteiger partial charge in [0.2, 0.25) is 0 Å². The molecule has 0 saturated carbocycles. The topological polar surface area (TPSA) is 170 Å². The van der Waals surface area contributed by atoms with Gasteiger partial charge in [0.15, 0.2) is 11.5 Å². The quantitative estimate of drug-likeness (QED) is 0.256. The van der Waals surface area contributed by atoms with Crippen LogP contribution in [0.15, 0.2) is 18.2 Å². The van der Waals surface area contributed by atoms with Crippen LogP contribution in [0.3, 0.4) is 0 Å². The van der Waals surface area contributed by atoms with Gasteiger partial charge in [-0.05, 0) is 58.2 Å². The predicted molar refractivity (Wildman–Crippen MR) is 121 cm³/mol. The molecule has 35 heavy (non-hydrogen) atoms.